The van der Waals surface area contributed by atoms with Gasteiger partial charge >= 0.3 is 11.8 Å². The molecule has 0 saturated carbocycles. The van der Waals surface area contributed by atoms with E-state index in [0.29, 0.717) is 16.7 Å². The fourth-order valence-electron chi connectivity index (χ4n) is 2.66. The molecule has 0 saturated heterocycles. The summed E-state index contributed by atoms with van der Waals surface area (Å²) in [5, 5.41) is 0.694. The van der Waals surface area contributed by atoms with Crippen molar-refractivity contribution in [3.8, 4) is 5.75 Å². The highest BCUT2D eigenvalue weighted by atomic mass is 19.4. The second kappa shape index (κ2) is 7.75. The van der Waals surface area contributed by atoms with Crippen molar-refractivity contribution >= 4 is 16.9 Å². The van der Waals surface area contributed by atoms with Gasteiger partial charge in [0.05, 0.1) is 5.56 Å². The highest BCUT2D eigenvalue weighted by molar-refractivity contribution is 5.79. The van der Waals surface area contributed by atoms with Gasteiger partial charge in [-0.2, -0.15) is 13.2 Å². The Hall–Kier alpha value is -3.29. The summed E-state index contributed by atoms with van der Waals surface area (Å²) in [5.41, 5.74) is -0.979. The van der Waals surface area contributed by atoms with Crippen LogP contribution >= 0.6 is 0 Å². The average molecular weight is 391 g/mol. The van der Waals surface area contributed by atoms with Gasteiger partial charge in [0.25, 0.3) is 5.91 Å². The van der Waals surface area contributed by atoms with Gasteiger partial charge in [-0.05, 0) is 29.8 Å². The van der Waals surface area contributed by atoms with Gasteiger partial charge in [-0.15, -0.1) is 0 Å². The Balaban J connectivity index is 1.66. The minimum Gasteiger partial charge on any atom is -0.484 e. The quantitative estimate of drug-likeness (QED) is 0.620. The standard InChI is InChI=1S/C20H16F3NO4/c1-24(11-14-4-2-3-5-16(14)20(21,22)23)18(25)12-27-15-8-6-13-7-9-19(26)28-17(13)10-15/h2-10H,11-12H2,1H3. The number of ether oxygens (including phenoxy) is 1. The Morgan fingerprint density at radius 2 is 1.82 bits per heavy atom. The Morgan fingerprint density at radius 3 is 2.57 bits per heavy atom. The number of benzene rings is 2. The summed E-state index contributed by atoms with van der Waals surface area (Å²) in [6, 6.07) is 12.7. The fraction of sp³-hybridized carbons (Fsp3) is 0.200. The van der Waals surface area contributed by atoms with Crippen molar-refractivity contribution in [2.24, 2.45) is 0 Å². The molecule has 0 atom stereocenters. The molecule has 0 aliphatic heterocycles. The second-order valence-corrected chi connectivity index (χ2v) is 6.15. The lowest BCUT2D eigenvalue weighted by Gasteiger charge is -2.20. The third-order valence-electron chi connectivity index (χ3n) is 4.11. The lowest BCUT2D eigenvalue weighted by atomic mass is 10.1. The summed E-state index contributed by atoms with van der Waals surface area (Å²) < 4.78 is 49.6. The number of amides is 1. The Morgan fingerprint density at radius 1 is 1.11 bits per heavy atom. The Bertz CT molecular complexity index is 1060. The lowest BCUT2D eigenvalue weighted by Crippen LogP contribution is -2.31. The molecular weight excluding hydrogens is 375 g/mol. The summed E-state index contributed by atoms with van der Waals surface area (Å²) in [6.45, 7) is -0.572. The van der Waals surface area contributed by atoms with Crippen molar-refractivity contribution in [1.29, 1.82) is 0 Å². The maximum Gasteiger partial charge on any atom is 0.416 e. The van der Waals surface area contributed by atoms with Crippen LogP contribution in [0.1, 0.15) is 11.1 Å². The van der Waals surface area contributed by atoms with Crippen LogP contribution < -0.4 is 10.4 Å². The predicted molar refractivity (Wildman–Crippen MR) is 95.9 cm³/mol. The summed E-state index contributed by atoms with van der Waals surface area (Å²) in [7, 11) is 1.40. The molecule has 0 N–H and O–H groups in total. The van der Waals surface area contributed by atoms with Crippen LogP contribution in [0.5, 0.6) is 5.75 Å². The van der Waals surface area contributed by atoms with Crippen molar-refractivity contribution in [3.63, 3.8) is 0 Å². The smallest absolute Gasteiger partial charge is 0.416 e. The normalized spacial score (nSPS) is 11.4. The zero-order chi connectivity index (χ0) is 20.3. The van der Waals surface area contributed by atoms with E-state index in [4.69, 9.17) is 9.15 Å². The SMILES string of the molecule is CN(Cc1ccccc1C(F)(F)F)C(=O)COc1ccc2ccc(=O)oc2c1. The van der Waals surface area contributed by atoms with Crippen LogP contribution in [0.4, 0.5) is 13.2 Å². The first-order chi connectivity index (χ1) is 13.2. The van der Waals surface area contributed by atoms with Gasteiger partial charge in [-0.3, -0.25) is 4.79 Å². The number of carbonyl (C=O) groups excluding carboxylic acids is 1. The van der Waals surface area contributed by atoms with E-state index in [9.17, 15) is 22.8 Å². The molecule has 0 aliphatic rings. The first kappa shape index (κ1) is 19.5. The molecule has 1 heterocycles. The van der Waals surface area contributed by atoms with Gasteiger partial charge in [-0.25, -0.2) is 4.79 Å². The third kappa shape index (κ3) is 4.51. The number of nitrogens with zero attached hydrogens (tertiary/aromatic N) is 1. The average Bonchev–Trinajstić information content (AvgIpc) is 2.65. The van der Waals surface area contributed by atoms with Gasteiger partial charge in [0.2, 0.25) is 0 Å². The molecule has 0 spiro atoms. The molecule has 2 aromatic carbocycles. The number of fused-ring (bicyclic) bond motifs is 1. The number of halogens is 3. The fourth-order valence-corrected chi connectivity index (χ4v) is 2.66. The molecule has 5 nitrogen and oxygen atoms in total. The maximum absolute atomic E-state index is 13.1. The number of likely N-dealkylation sites (N-methyl/N-ethyl adjacent to an activating group) is 1. The molecule has 1 aromatic heterocycles. The minimum atomic E-state index is -4.49. The molecule has 0 aliphatic carbocycles. The van der Waals surface area contributed by atoms with Crippen LogP contribution in [-0.2, 0) is 17.5 Å². The molecule has 0 radical (unpaired) electrons. The monoisotopic (exact) mass is 391 g/mol. The first-order valence-electron chi connectivity index (χ1n) is 8.30. The number of hydrogen-bond acceptors (Lipinski definition) is 4. The largest absolute Gasteiger partial charge is 0.484 e. The van der Waals surface area contributed by atoms with Crippen molar-refractivity contribution in [1.82, 2.24) is 4.90 Å². The zero-order valence-electron chi connectivity index (χ0n) is 14.8. The number of carbonyl (C=O) groups is 1. The van der Waals surface area contributed by atoms with Crippen molar-refractivity contribution in [3.05, 3.63) is 76.1 Å². The van der Waals surface area contributed by atoms with Crippen LogP contribution in [0.15, 0.2) is 63.8 Å². The van der Waals surface area contributed by atoms with Gasteiger partial charge in [-0.1, -0.05) is 18.2 Å². The lowest BCUT2D eigenvalue weighted by molar-refractivity contribution is -0.140. The third-order valence-corrected chi connectivity index (χ3v) is 4.11. The molecule has 3 aromatic rings. The molecule has 0 fully saturated rings. The number of alkyl halides is 3. The van der Waals surface area contributed by atoms with Gasteiger partial charge in [0, 0.05) is 31.1 Å². The zero-order valence-corrected chi connectivity index (χ0v) is 14.8. The van der Waals surface area contributed by atoms with E-state index in [2.05, 4.69) is 0 Å². The summed E-state index contributed by atoms with van der Waals surface area (Å²) in [5.74, 6) is -0.189. The van der Waals surface area contributed by atoms with E-state index in [0.717, 1.165) is 11.0 Å². The molecule has 146 valence electrons. The van der Waals surface area contributed by atoms with E-state index in [1.165, 1.54) is 37.4 Å². The molecule has 0 bridgehead atoms. The Kier molecular flexibility index (Phi) is 5.39. The van der Waals surface area contributed by atoms with E-state index in [1.54, 1.807) is 18.2 Å². The molecule has 0 unspecified atom stereocenters. The van der Waals surface area contributed by atoms with Crippen LogP contribution in [0, 0.1) is 0 Å². The molecular formula is C20H16F3NO4. The van der Waals surface area contributed by atoms with Crippen LogP contribution in [0.3, 0.4) is 0 Å². The summed E-state index contributed by atoms with van der Waals surface area (Å²) in [4.78, 5) is 24.7. The first-order valence-corrected chi connectivity index (χ1v) is 8.30. The maximum atomic E-state index is 13.1. The highest BCUT2D eigenvalue weighted by Crippen LogP contribution is 2.32. The Labute approximate surface area is 157 Å². The van der Waals surface area contributed by atoms with Gasteiger partial charge in [0.1, 0.15) is 11.3 Å². The molecule has 1 amide bonds. The molecule has 3 rings (SSSR count). The minimum absolute atomic E-state index is 0.00155. The van der Waals surface area contributed by atoms with Crippen LogP contribution in [0.2, 0.25) is 0 Å². The van der Waals surface area contributed by atoms with Gasteiger partial charge in [0.15, 0.2) is 6.61 Å². The molecule has 28 heavy (non-hydrogen) atoms. The van der Waals surface area contributed by atoms with Crippen LogP contribution in [-0.4, -0.2) is 24.5 Å². The topological polar surface area (TPSA) is 59.8 Å². The predicted octanol–water partition coefficient (Wildman–Crippen LogP) is 3.85. The molecule has 8 heteroatoms. The summed E-state index contributed by atoms with van der Waals surface area (Å²) in [6.07, 6.45) is -4.49. The van der Waals surface area contributed by atoms with Crippen molar-refractivity contribution in [2.75, 3.05) is 13.7 Å². The number of rotatable bonds is 5. The van der Waals surface area contributed by atoms with Gasteiger partial charge < -0.3 is 14.1 Å². The summed E-state index contributed by atoms with van der Waals surface area (Å²) >= 11 is 0. The second-order valence-electron chi connectivity index (χ2n) is 6.15. The van der Waals surface area contributed by atoms with E-state index < -0.39 is 23.3 Å². The van der Waals surface area contributed by atoms with Crippen molar-refractivity contribution < 1.29 is 27.1 Å². The van der Waals surface area contributed by atoms with E-state index in [-0.39, 0.29) is 18.7 Å². The van der Waals surface area contributed by atoms with E-state index in [1.807, 2.05) is 0 Å². The van der Waals surface area contributed by atoms with Crippen LogP contribution in [0.25, 0.3) is 11.0 Å². The van der Waals surface area contributed by atoms with Crippen molar-refractivity contribution in [2.45, 2.75) is 12.7 Å². The van der Waals surface area contributed by atoms with E-state index >= 15 is 0 Å². The highest BCUT2D eigenvalue weighted by Gasteiger charge is 2.33. The number of hydrogen-bond donors (Lipinski definition) is 0.